The molecule has 0 aliphatic carbocycles. The third kappa shape index (κ3) is 2.47. The van der Waals surface area contributed by atoms with E-state index in [2.05, 4.69) is 49.5 Å². The van der Waals surface area contributed by atoms with E-state index in [1.165, 1.54) is 19.3 Å². The molecular weight excluding hydrogens is 234 g/mol. The van der Waals surface area contributed by atoms with Crippen molar-refractivity contribution >= 4 is 0 Å². The van der Waals surface area contributed by atoms with E-state index < -0.39 is 0 Å². The molecule has 1 saturated heterocycles. The number of rotatable bonds is 2. The molecule has 0 aromatic rings. The fraction of sp³-hybridized carbons (Fsp3) is 0.500. The minimum absolute atomic E-state index is 0.412. The van der Waals surface area contributed by atoms with Crippen molar-refractivity contribution in [3.63, 3.8) is 0 Å². The van der Waals surface area contributed by atoms with Crippen LogP contribution in [0.4, 0.5) is 0 Å². The fourth-order valence-electron chi connectivity index (χ4n) is 3.25. The maximum Gasteiger partial charge on any atom is 0.0752 e. The minimum atomic E-state index is 0.412. The van der Waals surface area contributed by atoms with E-state index in [0.29, 0.717) is 12.1 Å². The summed E-state index contributed by atoms with van der Waals surface area (Å²) in [5, 5.41) is 0. The first-order valence-electron chi connectivity index (χ1n) is 7.15. The molecule has 0 radical (unpaired) electrons. The number of piperidine rings is 1. The van der Waals surface area contributed by atoms with Crippen molar-refractivity contribution in [3.05, 3.63) is 47.9 Å². The molecule has 3 N–H and O–H groups in total. The van der Waals surface area contributed by atoms with Gasteiger partial charge in [-0.3, -0.25) is 5.84 Å². The second-order valence-corrected chi connectivity index (χ2v) is 5.44. The van der Waals surface area contributed by atoms with Gasteiger partial charge in [-0.1, -0.05) is 32.2 Å². The number of hydrazine groups is 1. The number of hydrogen-bond donors (Lipinski definition) is 2. The quantitative estimate of drug-likeness (QED) is 0.591. The summed E-state index contributed by atoms with van der Waals surface area (Å²) in [5.74, 6) is 5.75. The van der Waals surface area contributed by atoms with Crippen LogP contribution in [0, 0.1) is 0 Å². The Kier molecular flexibility index (Phi) is 4.15. The van der Waals surface area contributed by atoms with E-state index in [1.807, 2.05) is 0 Å². The van der Waals surface area contributed by atoms with E-state index in [9.17, 15) is 0 Å². The topological polar surface area (TPSA) is 41.3 Å². The van der Waals surface area contributed by atoms with Gasteiger partial charge in [0.25, 0.3) is 0 Å². The first kappa shape index (κ1) is 13.9. The summed E-state index contributed by atoms with van der Waals surface area (Å²) in [5.41, 5.74) is 6.98. The van der Waals surface area contributed by atoms with Crippen molar-refractivity contribution in [2.45, 2.75) is 51.6 Å². The Morgan fingerprint density at radius 2 is 2.16 bits per heavy atom. The van der Waals surface area contributed by atoms with Crippen molar-refractivity contribution in [2.24, 2.45) is 5.84 Å². The normalized spacial score (nSPS) is 33.5. The molecule has 0 bridgehead atoms. The maximum absolute atomic E-state index is 5.75. The van der Waals surface area contributed by atoms with E-state index in [-0.39, 0.29) is 0 Å². The molecule has 1 fully saturated rings. The second-order valence-electron chi connectivity index (χ2n) is 5.44. The highest BCUT2D eigenvalue weighted by molar-refractivity contribution is 5.48. The van der Waals surface area contributed by atoms with Crippen LogP contribution in [-0.4, -0.2) is 17.0 Å². The lowest BCUT2D eigenvalue weighted by molar-refractivity contribution is 0.166. The van der Waals surface area contributed by atoms with Crippen LogP contribution in [0.1, 0.15) is 39.5 Å². The molecule has 3 heteroatoms. The number of nitrogens with one attached hydrogen (secondary N) is 1. The SMILES string of the molecule is C=C1/C=C\C2CCCC(C)N2C(=C)/C(NN)=C/1CC. The third-order valence-corrected chi connectivity index (χ3v) is 4.26. The highest BCUT2D eigenvalue weighted by atomic mass is 15.3. The van der Waals surface area contributed by atoms with Gasteiger partial charge < -0.3 is 10.3 Å². The Morgan fingerprint density at radius 1 is 1.42 bits per heavy atom. The third-order valence-electron chi connectivity index (χ3n) is 4.26. The molecule has 2 unspecified atom stereocenters. The molecule has 0 saturated carbocycles. The smallest absolute Gasteiger partial charge is 0.0752 e. The summed E-state index contributed by atoms with van der Waals surface area (Å²) in [6, 6.07) is 0.915. The molecule has 0 aromatic heterocycles. The Bertz CT molecular complexity index is 445. The van der Waals surface area contributed by atoms with Gasteiger partial charge in [0.15, 0.2) is 0 Å². The lowest BCUT2D eigenvalue weighted by Crippen LogP contribution is -2.46. The molecule has 2 aliphatic rings. The summed E-state index contributed by atoms with van der Waals surface area (Å²) >= 11 is 0. The van der Waals surface area contributed by atoms with Gasteiger partial charge in [-0.05, 0) is 43.8 Å². The second kappa shape index (κ2) is 5.66. The zero-order valence-corrected chi connectivity index (χ0v) is 12.1. The summed E-state index contributed by atoms with van der Waals surface area (Å²) < 4.78 is 0. The van der Waals surface area contributed by atoms with Gasteiger partial charge >= 0.3 is 0 Å². The number of fused-ring (bicyclic) bond motifs is 1. The van der Waals surface area contributed by atoms with Gasteiger partial charge in [-0.2, -0.15) is 0 Å². The number of hydrogen-bond acceptors (Lipinski definition) is 3. The van der Waals surface area contributed by atoms with Crippen LogP contribution in [0.15, 0.2) is 47.9 Å². The summed E-state index contributed by atoms with van der Waals surface area (Å²) in [6.45, 7) is 12.8. The lowest BCUT2D eigenvalue weighted by Gasteiger charge is -2.44. The minimum Gasteiger partial charge on any atom is -0.361 e. The van der Waals surface area contributed by atoms with Crippen LogP contribution >= 0.6 is 0 Å². The first-order chi connectivity index (χ1) is 9.10. The van der Waals surface area contributed by atoms with Crippen LogP contribution < -0.4 is 11.3 Å². The van der Waals surface area contributed by atoms with Crippen LogP contribution in [0.3, 0.4) is 0 Å². The average molecular weight is 259 g/mol. The van der Waals surface area contributed by atoms with Crippen molar-refractivity contribution < 1.29 is 0 Å². The molecule has 2 rings (SSSR count). The fourth-order valence-corrected chi connectivity index (χ4v) is 3.25. The zero-order chi connectivity index (χ0) is 14.0. The summed E-state index contributed by atoms with van der Waals surface area (Å²) in [4.78, 5) is 2.40. The van der Waals surface area contributed by atoms with Gasteiger partial charge in [0.2, 0.25) is 0 Å². The monoisotopic (exact) mass is 259 g/mol. The van der Waals surface area contributed by atoms with Crippen molar-refractivity contribution in [3.8, 4) is 0 Å². The van der Waals surface area contributed by atoms with Gasteiger partial charge in [-0.15, -0.1) is 0 Å². The zero-order valence-electron chi connectivity index (χ0n) is 12.1. The number of nitrogens with zero attached hydrogens (tertiary/aromatic N) is 1. The molecule has 0 aromatic carbocycles. The molecule has 0 amide bonds. The number of nitrogens with two attached hydrogens (primary N) is 1. The molecule has 3 nitrogen and oxygen atoms in total. The van der Waals surface area contributed by atoms with Crippen LogP contribution in [0.5, 0.6) is 0 Å². The molecule has 104 valence electrons. The predicted molar refractivity (Wildman–Crippen MR) is 81.0 cm³/mol. The van der Waals surface area contributed by atoms with E-state index in [0.717, 1.165) is 29.0 Å². The predicted octanol–water partition coefficient (Wildman–Crippen LogP) is 3.00. The standard InChI is InChI=1S/C16H25N3/c1-5-15-11(2)9-10-14-8-6-7-12(3)19(14)13(4)16(15)18-17/h9-10,12,14,18H,2,4-8,17H2,1,3H3/b10-9-,16-15-. The molecule has 2 heterocycles. The van der Waals surface area contributed by atoms with E-state index in [1.54, 1.807) is 0 Å². The lowest BCUT2D eigenvalue weighted by atomic mass is 9.90. The maximum atomic E-state index is 5.75. The largest absolute Gasteiger partial charge is 0.361 e. The molecule has 2 atom stereocenters. The number of allylic oxidation sites excluding steroid dienone is 3. The Labute approximate surface area is 116 Å². The van der Waals surface area contributed by atoms with Crippen LogP contribution in [0.25, 0.3) is 0 Å². The van der Waals surface area contributed by atoms with E-state index in [4.69, 9.17) is 5.84 Å². The Balaban J connectivity index is 2.48. The Morgan fingerprint density at radius 3 is 2.79 bits per heavy atom. The Hall–Kier alpha value is -1.48. The molecular formula is C16H25N3. The van der Waals surface area contributed by atoms with Crippen molar-refractivity contribution in [1.82, 2.24) is 10.3 Å². The van der Waals surface area contributed by atoms with Gasteiger partial charge in [0.1, 0.15) is 0 Å². The van der Waals surface area contributed by atoms with Crippen LogP contribution in [-0.2, 0) is 0 Å². The van der Waals surface area contributed by atoms with Gasteiger partial charge in [0, 0.05) is 12.1 Å². The molecule has 19 heavy (non-hydrogen) atoms. The van der Waals surface area contributed by atoms with Gasteiger partial charge in [0.05, 0.1) is 11.4 Å². The van der Waals surface area contributed by atoms with E-state index >= 15 is 0 Å². The highest BCUT2D eigenvalue weighted by Crippen LogP contribution is 2.34. The average Bonchev–Trinajstić information content (AvgIpc) is 2.40. The summed E-state index contributed by atoms with van der Waals surface area (Å²) in [6.07, 6.45) is 8.96. The van der Waals surface area contributed by atoms with Crippen LogP contribution in [0.2, 0.25) is 0 Å². The molecule has 0 spiro atoms. The van der Waals surface area contributed by atoms with Crippen molar-refractivity contribution in [2.75, 3.05) is 0 Å². The first-order valence-corrected chi connectivity index (χ1v) is 7.15. The highest BCUT2D eigenvalue weighted by Gasteiger charge is 2.30. The van der Waals surface area contributed by atoms with Crippen molar-refractivity contribution in [1.29, 1.82) is 0 Å². The van der Waals surface area contributed by atoms with Gasteiger partial charge in [-0.25, -0.2) is 0 Å². The summed E-state index contributed by atoms with van der Waals surface area (Å²) in [7, 11) is 0. The molecule has 2 aliphatic heterocycles.